The highest BCUT2D eigenvalue weighted by atomic mass is 19.2. The van der Waals surface area contributed by atoms with E-state index in [4.69, 9.17) is 0 Å². The SMILES string of the molecule is C=CC[C@@H]1CC[C@@H](c2cccc(F)c2F)CNC1=O. The molecule has 1 N–H and O–H groups in total. The van der Waals surface area contributed by atoms with Crippen molar-refractivity contribution < 1.29 is 13.6 Å². The molecule has 0 spiro atoms. The molecule has 1 amide bonds. The zero-order valence-electron chi connectivity index (χ0n) is 10.7. The van der Waals surface area contributed by atoms with Crippen molar-refractivity contribution in [3.8, 4) is 0 Å². The van der Waals surface area contributed by atoms with E-state index in [1.165, 1.54) is 6.07 Å². The number of hydrogen-bond acceptors (Lipinski definition) is 1. The fraction of sp³-hybridized carbons (Fsp3) is 0.400. The Hall–Kier alpha value is -1.71. The highest BCUT2D eigenvalue weighted by molar-refractivity contribution is 5.79. The van der Waals surface area contributed by atoms with E-state index in [0.717, 1.165) is 6.07 Å². The second-order valence-electron chi connectivity index (χ2n) is 4.88. The molecule has 1 aromatic rings. The molecule has 2 nitrogen and oxygen atoms in total. The number of halogens is 2. The third-order valence-corrected chi connectivity index (χ3v) is 3.63. The van der Waals surface area contributed by atoms with Crippen molar-refractivity contribution in [1.29, 1.82) is 0 Å². The Kier molecular flexibility index (Phi) is 4.30. The van der Waals surface area contributed by atoms with Crippen LogP contribution in [0.15, 0.2) is 30.9 Å². The maximum Gasteiger partial charge on any atom is 0.223 e. The molecule has 0 aromatic heterocycles. The fourth-order valence-electron chi connectivity index (χ4n) is 2.53. The number of benzene rings is 1. The van der Waals surface area contributed by atoms with E-state index in [2.05, 4.69) is 11.9 Å². The summed E-state index contributed by atoms with van der Waals surface area (Å²) < 4.78 is 27.0. The molecule has 1 aliphatic rings. The minimum atomic E-state index is -0.837. The van der Waals surface area contributed by atoms with Crippen molar-refractivity contribution in [3.63, 3.8) is 0 Å². The number of hydrogen-bond donors (Lipinski definition) is 1. The molecule has 0 bridgehead atoms. The first-order valence-electron chi connectivity index (χ1n) is 6.46. The van der Waals surface area contributed by atoms with Crippen molar-refractivity contribution >= 4 is 5.91 Å². The Morgan fingerprint density at radius 2 is 2.16 bits per heavy atom. The van der Waals surface area contributed by atoms with Crippen LogP contribution in [-0.4, -0.2) is 12.5 Å². The van der Waals surface area contributed by atoms with Crippen molar-refractivity contribution in [2.45, 2.75) is 25.2 Å². The molecule has 0 aliphatic carbocycles. The van der Waals surface area contributed by atoms with Gasteiger partial charge in [-0.3, -0.25) is 4.79 Å². The van der Waals surface area contributed by atoms with E-state index in [9.17, 15) is 13.6 Å². The van der Waals surface area contributed by atoms with Gasteiger partial charge in [0.2, 0.25) is 5.91 Å². The first-order chi connectivity index (χ1) is 9.13. The Balaban J connectivity index is 2.16. The topological polar surface area (TPSA) is 29.1 Å². The van der Waals surface area contributed by atoms with Crippen LogP contribution in [-0.2, 0) is 4.79 Å². The van der Waals surface area contributed by atoms with Gasteiger partial charge in [-0.05, 0) is 30.9 Å². The largest absolute Gasteiger partial charge is 0.355 e. The average molecular weight is 265 g/mol. The number of carbonyl (C=O) groups is 1. The number of nitrogens with one attached hydrogen (secondary N) is 1. The van der Waals surface area contributed by atoms with Crippen LogP contribution in [0.1, 0.15) is 30.7 Å². The molecule has 1 aliphatic heterocycles. The van der Waals surface area contributed by atoms with Crippen LogP contribution in [0.25, 0.3) is 0 Å². The highest BCUT2D eigenvalue weighted by Crippen LogP contribution is 2.29. The molecule has 1 saturated heterocycles. The quantitative estimate of drug-likeness (QED) is 0.836. The molecule has 1 heterocycles. The normalized spacial score (nSPS) is 23.6. The second-order valence-corrected chi connectivity index (χ2v) is 4.88. The molecular weight excluding hydrogens is 248 g/mol. The lowest BCUT2D eigenvalue weighted by Crippen LogP contribution is -2.30. The van der Waals surface area contributed by atoms with Gasteiger partial charge < -0.3 is 5.32 Å². The molecule has 0 unspecified atom stereocenters. The first kappa shape index (κ1) is 13.7. The lowest BCUT2D eigenvalue weighted by molar-refractivity contribution is -0.124. The van der Waals surface area contributed by atoms with Crippen LogP contribution in [0.3, 0.4) is 0 Å². The van der Waals surface area contributed by atoms with Gasteiger partial charge >= 0.3 is 0 Å². The zero-order valence-corrected chi connectivity index (χ0v) is 10.7. The van der Waals surface area contributed by atoms with Crippen LogP contribution in [0, 0.1) is 17.6 Å². The summed E-state index contributed by atoms with van der Waals surface area (Å²) >= 11 is 0. The van der Waals surface area contributed by atoms with Gasteiger partial charge in [0.05, 0.1) is 0 Å². The summed E-state index contributed by atoms with van der Waals surface area (Å²) in [7, 11) is 0. The van der Waals surface area contributed by atoms with Crippen LogP contribution >= 0.6 is 0 Å². The first-order valence-corrected chi connectivity index (χ1v) is 6.46. The second kappa shape index (κ2) is 5.95. The minimum absolute atomic E-state index is 0.0285. The maximum atomic E-state index is 13.8. The van der Waals surface area contributed by atoms with Crippen molar-refractivity contribution in [2.75, 3.05) is 6.54 Å². The van der Waals surface area contributed by atoms with Crippen LogP contribution < -0.4 is 5.32 Å². The molecule has 2 atom stereocenters. The van der Waals surface area contributed by atoms with Crippen molar-refractivity contribution in [3.05, 3.63) is 48.1 Å². The van der Waals surface area contributed by atoms with Gasteiger partial charge in [0.15, 0.2) is 11.6 Å². The van der Waals surface area contributed by atoms with Gasteiger partial charge in [0, 0.05) is 18.4 Å². The highest BCUT2D eigenvalue weighted by Gasteiger charge is 2.26. The molecular formula is C15H17F2NO. The molecule has 2 rings (SSSR count). The third-order valence-electron chi connectivity index (χ3n) is 3.63. The van der Waals surface area contributed by atoms with Crippen LogP contribution in [0.4, 0.5) is 8.78 Å². The summed E-state index contributed by atoms with van der Waals surface area (Å²) in [4.78, 5) is 11.8. The molecule has 1 aromatic carbocycles. The van der Waals surface area contributed by atoms with Gasteiger partial charge in [-0.25, -0.2) is 8.78 Å². The Morgan fingerprint density at radius 3 is 2.89 bits per heavy atom. The number of amides is 1. The smallest absolute Gasteiger partial charge is 0.223 e. The van der Waals surface area contributed by atoms with Crippen molar-refractivity contribution in [1.82, 2.24) is 5.32 Å². The molecule has 102 valence electrons. The monoisotopic (exact) mass is 265 g/mol. The van der Waals surface area contributed by atoms with E-state index >= 15 is 0 Å². The Labute approximate surface area is 111 Å². The predicted molar refractivity (Wildman–Crippen MR) is 69.6 cm³/mol. The lowest BCUT2D eigenvalue weighted by atomic mass is 9.90. The maximum absolute atomic E-state index is 13.8. The molecule has 0 radical (unpaired) electrons. The van der Waals surface area contributed by atoms with Gasteiger partial charge in [0.1, 0.15) is 0 Å². The van der Waals surface area contributed by atoms with E-state index in [1.54, 1.807) is 12.1 Å². The predicted octanol–water partition coefficient (Wildman–Crippen LogP) is 3.15. The Bertz CT molecular complexity index is 487. The van der Waals surface area contributed by atoms with Gasteiger partial charge in [-0.2, -0.15) is 0 Å². The van der Waals surface area contributed by atoms with Gasteiger partial charge in [-0.1, -0.05) is 18.2 Å². The van der Waals surface area contributed by atoms with Gasteiger partial charge in [0.25, 0.3) is 0 Å². The molecule has 0 saturated carbocycles. The van der Waals surface area contributed by atoms with Crippen molar-refractivity contribution in [2.24, 2.45) is 5.92 Å². The summed E-state index contributed by atoms with van der Waals surface area (Å²) in [6, 6.07) is 4.19. The van der Waals surface area contributed by atoms with E-state index < -0.39 is 11.6 Å². The fourth-order valence-corrected chi connectivity index (χ4v) is 2.53. The lowest BCUT2D eigenvalue weighted by Gasteiger charge is -2.15. The van der Waals surface area contributed by atoms with Gasteiger partial charge in [-0.15, -0.1) is 6.58 Å². The van der Waals surface area contributed by atoms with E-state index in [-0.39, 0.29) is 17.7 Å². The molecule has 19 heavy (non-hydrogen) atoms. The van der Waals surface area contributed by atoms with Crippen LogP contribution in [0.2, 0.25) is 0 Å². The zero-order chi connectivity index (χ0) is 13.8. The van der Waals surface area contributed by atoms with Crippen LogP contribution in [0.5, 0.6) is 0 Å². The number of rotatable bonds is 3. The standard InChI is InChI=1S/C15H17F2NO/c1-2-4-10-7-8-11(9-18-15(10)19)12-5-3-6-13(16)14(12)17/h2-3,5-6,10-11H,1,4,7-9H2,(H,18,19)/t10-,11-/m1/s1. The molecule has 4 heteroatoms. The summed E-state index contributed by atoms with van der Waals surface area (Å²) in [5.41, 5.74) is 0.347. The third kappa shape index (κ3) is 3.00. The number of allylic oxidation sites excluding steroid dienone is 1. The summed E-state index contributed by atoms with van der Waals surface area (Å²) in [6.07, 6.45) is 3.66. The summed E-state index contributed by atoms with van der Waals surface area (Å²) in [5.74, 6) is -1.95. The minimum Gasteiger partial charge on any atom is -0.355 e. The van der Waals surface area contributed by atoms with E-state index in [0.29, 0.717) is 31.4 Å². The Morgan fingerprint density at radius 1 is 1.37 bits per heavy atom. The summed E-state index contributed by atoms with van der Waals surface area (Å²) in [6.45, 7) is 3.99. The molecule has 1 fully saturated rings. The summed E-state index contributed by atoms with van der Waals surface area (Å²) in [5, 5.41) is 2.80. The number of carbonyl (C=O) groups excluding carboxylic acids is 1. The van der Waals surface area contributed by atoms with E-state index in [1.807, 2.05) is 0 Å². The average Bonchev–Trinajstić information content (AvgIpc) is 2.57.